The molecule has 1 aromatic carbocycles. The molecule has 0 spiro atoms. The molecule has 4 fully saturated rings. The van der Waals surface area contributed by atoms with Crippen LogP contribution in [0.4, 0.5) is 11.4 Å². The molecule has 1 aromatic rings. The van der Waals surface area contributed by atoms with Crippen molar-refractivity contribution in [3.05, 3.63) is 36.4 Å². The molecule has 5 N–H and O–H groups in total. The SMILES string of the molecule is CN1CCN(c2ccc(NC3NCC4C(=O)N5C/C=C\CCC(O)C6CCCC(N6)N5C4N3)cc2)CC1. The smallest absolute Gasteiger partial charge is 0.244 e. The summed E-state index contributed by atoms with van der Waals surface area (Å²) in [5.74, 6) is 0.00875. The largest absolute Gasteiger partial charge is 0.391 e. The first kappa shape index (κ1) is 25.1. The normalized spacial score (nSPS) is 36.4. The maximum atomic E-state index is 13.5. The fourth-order valence-electron chi connectivity index (χ4n) is 6.50. The summed E-state index contributed by atoms with van der Waals surface area (Å²) in [5.41, 5.74) is 2.30. The number of aliphatic hydroxyl groups is 1. The number of piperidine rings is 1. The Morgan fingerprint density at radius 2 is 1.81 bits per heavy atom. The first-order valence-corrected chi connectivity index (χ1v) is 14.0. The van der Waals surface area contributed by atoms with E-state index in [0.717, 1.165) is 64.0 Å². The van der Waals surface area contributed by atoms with E-state index in [1.165, 1.54) is 5.69 Å². The van der Waals surface area contributed by atoms with Gasteiger partial charge in [0.2, 0.25) is 5.91 Å². The summed E-state index contributed by atoms with van der Waals surface area (Å²) in [7, 11) is 2.18. The van der Waals surface area contributed by atoms with E-state index in [9.17, 15) is 9.90 Å². The van der Waals surface area contributed by atoms with Crippen molar-refractivity contribution in [2.45, 2.75) is 62.9 Å². The predicted octanol–water partition coefficient (Wildman–Crippen LogP) is 0.507. The summed E-state index contributed by atoms with van der Waals surface area (Å²) in [6.07, 6.45) is 8.14. The van der Waals surface area contributed by atoms with Crippen molar-refractivity contribution in [2.24, 2.45) is 5.92 Å². The summed E-state index contributed by atoms with van der Waals surface area (Å²) in [6.45, 7) is 5.48. The molecule has 6 rings (SSSR count). The maximum Gasteiger partial charge on any atom is 0.244 e. The Morgan fingerprint density at radius 1 is 1.00 bits per heavy atom. The number of carbonyl (C=O) groups excluding carboxylic acids is 1. The molecule has 10 nitrogen and oxygen atoms in total. The Hall–Kier alpha value is -2.21. The lowest BCUT2D eigenvalue weighted by Crippen LogP contribution is -2.68. The number of amides is 1. The van der Waals surface area contributed by atoms with Gasteiger partial charge in [-0.2, -0.15) is 5.01 Å². The Bertz CT molecular complexity index is 966. The third-order valence-corrected chi connectivity index (χ3v) is 8.70. The van der Waals surface area contributed by atoms with Gasteiger partial charge in [0.05, 0.1) is 30.9 Å². The van der Waals surface area contributed by atoms with E-state index in [-0.39, 0.29) is 42.6 Å². The second-order valence-corrected chi connectivity index (χ2v) is 11.2. The molecule has 5 aliphatic heterocycles. The first-order valence-electron chi connectivity index (χ1n) is 14.0. The van der Waals surface area contributed by atoms with Gasteiger partial charge in [0.1, 0.15) is 6.29 Å². The number of piperazine rings is 1. The Balaban J connectivity index is 1.15. The van der Waals surface area contributed by atoms with Gasteiger partial charge in [0.25, 0.3) is 0 Å². The molecule has 2 bridgehead atoms. The van der Waals surface area contributed by atoms with Crippen LogP contribution in [0.2, 0.25) is 0 Å². The van der Waals surface area contributed by atoms with Crippen molar-refractivity contribution in [3.8, 4) is 0 Å². The number of fused-ring (bicyclic) bond motifs is 6. The molecule has 4 saturated heterocycles. The second kappa shape index (κ2) is 10.9. The molecule has 0 saturated carbocycles. The molecular formula is C27H42N8O2. The first-order chi connectivity index (χ1) is 18.1. The zero-order chi connectivity index (χ0) is 25.4. The van der Waals surface area contributed by atoms with Crippen LogP contribution in [0.25, 0.3) is 0 Å². The van der Waals surface area contributed by atoms with Crippen LogP contribution in [0.5, 0.6) is 0 Å². The highest BCUT2D eigenvalue weighted by atomic mass is 16.3. The van der Waals surface area contributed by atoms with Crippen LogP contribution in [0.1, 0.15) is 32.1 Å². The minimum atomic E-state index is -0.364. The number of anilines is 2. The van der Waals surface area contributed by atoms with Gasteiger partial charge in [-0.25, -0.2) is 0 Å². The number of hydrogen-bond donors (Lipinski definition) is 5. The summed E-state index contributed by atoms with van der Waals surface area (Å²) in [6, 6.07) is 8.73. The highest BCUT2D eigenvalue weighted by molar-refractivity contribution is 5.82. The van der Waals surface area contributed by atoms with Crippen molar-refractivity contribution < 1.29 is 9.90 Å². The van der Waals surface area contributed by atoms with Gasteiger partial charge in [0, 0.05) is 50.1 Å². The van der Waals surface area contributed by atoms with E-state index in [1.54, 1.807) is 0 Å². The molecular weight excluding hydrogens is 468 g/mol. The molecule has 5 heterocycles. The van der Waals surface area contributed by atoms with Crippen molar-refractivity contribution in [1.29, 1.82) is 0 Å². The Kier molecular flexibility index (Phi) is 7.38. The Labute approximate surface area is 220 Å². The molecule has 5 aliphatic rings. The summed E-state index contributed by atoms with van der Waals surface area (Å²) < 4.78 is 0. The lowest BCUT2D eigenvalue weighted by molar-refractivity contribution is -0.145. The molecule has 37 heavy (non-hydrogen) atoms. The fourth-order valence-corrected chi connectivity index (χ4v) is 6.50. The number of aliphatic hydroxyl groups excluding tert-OH is 1. The molecule has 6 unspecified atom stereocenters. The van der Waals surface area contributed by atoms with Gasteiger partial charge < -0.3 is 20.2 Å². The van der Waals surface area contributed by atoms with Crippen LogP contribution in [0.15, 0.2) is 36.4 Å². The van der Waals surface area contributed by atoms with Crippen LogP contribution in [-0.4, -0.2) is 103 Å². The van der Waals surface area contributed by atoms with Crippen LogP contribution >= 0.6 is 0 Å². The van der Waals surface area contributed by atoms with Gasteiger partial charge in [0.15, 0.2) is 0 Å². The van der Waals surface area contributed by atoms with Crippen molar-refractivity contribution in [3.63, 3.8) is 0 Å². The van der Waals surface area contributed by atoms with Gasteiger partial charge in [-0.15, -0.1) is 0 Å². The van der Waals surface area contributed by atoms with Crippen LogP contribution in [0, 0.1) is 5.92 Å². The maximum absolute atomic E-state index is 13.5. The monoisotopic (exact) mass is 510 g/mol. The van der Waals surface area contributed by atoms with Crippen molar-refractivity contribution in [2.75, 3.05) is 56.5 Å². The van der Waals surface area contributed by atoms with Crippen molar-refractivity contribution in [1.82, 2.24) is 30.9 Å². The molecule has 0 aliphatic carbocycles. The topological polar surface area (TPSA) is 98.4 Å². The van der Waals surface area contributed by atoms with E-state index in [0.29, 0.717) is 13.1 Å². The molecule has 0 aromatic heterocycles. The number of nitrogens with one attached hydrogen (secondary N) is 4. The van der Waals surface area contributed by atoms with Gasteiger partial charge in [-0.1, -0.05) is 12.2 Å². The summed E-state index contributed by atoms with van der Waals surface area (Å²) in [5, 5.41) is 29.4. The van der Waals surface area contributed by atoms with E-state index >= 15 is 0 Å². The third kappa shape index (κ3) is 5.23. The van der Waals surface area contributed by atoms with E-state index in [1.807, 2.05) is 5.01 Å². The summed E-state index contributed by atoms with van der Waals surface area (Å²) >= 11 is 0. The quantitative estimate of drug-likeness (QED) is 0.373. The number of rotatable bonds is 3. The van der Waals surface area contributed by atoms with Gasteiger partial charge in [-0.3, -0.25) is 25.8 Å². The fraction of sp³-hybridized carbons (Fsp3) is 0.667. The average Bonchev–Trinajstić information content (AvgIpc) is 3.19. The van der Waals surface area contributed by atoms with Gasteiger partial charge >= 0.3 is 0 Å². The van der Waals surface area contributed by atoms with Gasteiger partial charge in [-0.05, 0) is 63.4 Å². The molecule has 1 amide bonds. The van der Waals surface area contributed by atoms with Crippen LogP contribution < -0.4 is 26.2 Å². The molecule has 6 atom stereocenters. The number of allylic oxidation sites excluding steroid dienone is 1. The number of benzene rings is 1. The number of nitrogens with zero attached hydrogens (tertiary/aromatic N) is 4. The predicted molar refractivity (Wildman–Crippen MR) is 144 cm³/mol. The molecule has 202 valence electrons. The Morgan fingerprint density at radius 3 is 2.62 bits per heavy atom. The van der Waals surface area contributed by atoms with Crippen molar-refractivity contribution >= 4 is 17.3 Å². The minimum absolute atomic E-state index is 0.0213. The number of hydrogen-bond acceptors (Lipinski definition) is 9. The minimum Gasteiger partial charge on any atom is -0.391 e. The third-order valence-electron chi connectivity index (χ3n) is 8.70. The van der Waals surface area contributed by atoms with E-state index < -0.39 is 0 Å². The second-order valence-electron chi connectivity index (χ2n) is 11.2. The lowest BCUT2D eigenvalue weighted by Gasteiger charge is -2.45. The van der Waals surface area contributed by atoms with E-state index in [2.05, 4.69) is 79.5 Å². The molecule has 0 radical (unpaired) electrons. The lowest BCUT2D eigenvalue weighted by atomic mass is 9.95. The molecule has 10 heteroatoms. The zero-order valence-corrected chi connectivity index (χ0v) is 21.9. The number of carbonyl (C=O) groups is 1. The highest BCUT2D eigenvalue weighted by Crippen LogP contribution is 2.32. The van der Waals surface area contributed by atoms with Crippen LogP contribution in [-0.2, 0) is 4.79 Å². The number of likely N-dealkylation sites (N-methyl/N-ethyl adjacent to an activating group) is 1. The number of hydrazine groups is 1. The van der Waals surface area contributed by atoms with E-state index in [4.69, 9.17) is 0 Å². The highest BCUT2D eigenvalue weighted by Gasteiger charge is 2.52. The zero-order valence-electron chi connectivity index (χ0n) is 21.9. The summed E-state index contributed by atoms with van der Waals surface area (Å²) in [4.78, 5) is 18.3. The standard InChI is InChI=1S/C27H42N8O2/c1-32-14-16-33(17-15-32)20-11-9-19(10-12-20)29-27-28-18-21-25(31-27)35-24-8-5-6-22(30-24)23(36)7-3-2-4-13-34(35)26(21)37/h2,4,9-12,21-25,27-31,36H,3,5-8,13-18H2,1H3/b4-2-. The average molecular weight is 511 g/mol. The van der Waals surface area contributed by atoms with Crippen LogP contribution in [0.3, 0.4) is 0 Å².